The fourth-order valence-electron chi connectivity index (χ4n) is 3.13. The van der Waals surface area contributed by atoms with Crippen LogP contribution in [0.5, 0.6) is 5.75 Å². The first-order valence-corrected chi connectivity index (χ1v) is 8.87. The lowest BCUT2D eigenvalue weighted by Crippen LogP contribution is -2.52. The molecule has 0 bridgehead atoms. The average molecular weight is 365 g/mol. The fraction of sp³-hybridized carbons (Fsp3) is 0.611. The summed E-state index contributed by atoms with van der Waals surface area (Å²) in [5.41, 5.74) is -0.450. The van der Waals surface area contributed by atoms with Crippen LogP contribution in [-0.2, 0) is 4.79 Å². The minimum Gasteiger partial charge on any atom is -0.484 e. The molecule has 3 N–H and O–H groups in total. The van der Waals surface area contributed by atoms with Gasteiger partial charge in [-0.3, -0.25) is 14.9 Å². The van der Waals surface area contributed by atoms with E-state index in [0.717, 1.165) is 19.3 Å². The van der Waals surface area contributed by atoms with Crippen molar-refractivity contribution in [1.29, 1.82) is 0 Å². The number of nitrogens with zero attached hydrogens (tertiary/aromatic N) is 1. The van der Waals surface area contributed by atoms with Gasteiger partial charge < -0.3 is 20.5 Å². The zero-order chi connectivity index (χ0) is 19.5. The van der Waals surface area contributed by atoms with Crippen LogP contribution in [0.4, 0.5) is 11.4 Å². The Hall–Kier alpha value is -2.19. The summed E-state index contributed by atoms with van der Waals surface area (Å²) in [5.74, 6) is -0.0628. The lowest BCUT2D eigenvalue weighted by Gasteiger charge is -2.42. The summed E-state index contributed by atoms with van der Waals surface area (Å²) in [5, 5.41) is 27.9. The van der Waals surface area contributed by atoms with Crippen molar-refractivity contribution in [2.75, 3.05) is 11.9 Å². The Bertz CT molecular complexity index is 690. The quantitative estimate of drug-likeness (QED) is 0.389. The van der Waals surface area contributed by atoms with Gasteiger partial charge in [0.15, 0.2) is 0 Å². The number of carbonyl (C=O) groups excluding carboxylic acids is 1. The molecule has 0 aromatic heterocycles. The third-order valence-corrected chi connectivity index (χ3v) is 4.52. The molecule has 1 aliphatic heterocycles. The molecule has 1 amide bonds. The van der Waals surface area contributed by atoms with Gasteiger partial charge in [0.1, 0.15) is 23.1 Å². The predicted octanol–water partition coefficient (Wildman–Crippen LogP) is 2.91. The van der Waals surface area contributed by atoms with E-state index in [2.05, 4.69) is 17.6 Å². The number of rotatable bonds is 7. The molecular weight excluding hydrogens is 338 g/mol. The van der Waals surface area contributed by atoms with Crippen LogP contribution < -0.4 is 15.4 Å². The zero-order valence-electron chi connectivity index (χ0n) is 15.7. The molecule has 26 heavy (non-hydrogen) atoms. The van der Waals surface area contributed by atoms with Crippen LogP contribution in [0, 0.1) is 10.1 Å². The Labute approximate surface area is 153 Å². The fourth-order valence-corrected chi connectivity index (χ4v) is 3.13. The maximum atomic E-state index is 11.4. The largest absolute Gasteiger partial charge is 0.484 e. The molecule has 2 rings (SSSR count). The van der Waals surface area contributed by atoms with Crippen LogP contribution in [-0.4, -0.2) is 34.2 Å². The van der Waals surface area contributed by atoms with Crippen LogP contribution in [0.2, 0.25) is 0 Å². The highest BCUT2D eigenvalue weighted by atomic mass is 16.6. The van der Waals surface area contributed by atoms with Gasteiger partial charge in [-0.1, -0.05) is 19.8 Å². The Morgan fingerprint density at radius 1 is 1.38 bits per heavy atom. The van der Waals surface area contributed by atoms with Gasteiger partial charge in [0.2, 0.25) is 5.91 Å². The molecule has 0 radical (unpaired) electrons. The van der Waals surface area contributed by atoms with Gasteiger partial charge in [0, 0.05) is 12.5 Å². The molecule has 8 nitrogen and oxygen atoms in total. The SMILES string of the molecule is CCCCCN[C@@H]1c2cc(NC(C)=O)c([N+](=O)[O-])cc2OC(C)(C)[C@H]1O. The van der Waals surface area contributed by atoms with Crippen LogP contribution in [0.15, 0.2) is 12.1 Å². The predicted molar refractivity (Wildman–Crippen MR) is 98.4 cm³/mol. The number of nitro benzene ring substituents is 1. The van der Waals surface area contributed by atoms with Gasteiger partial charge in [0.05, 0.1) is 17.0 Å². The molecule has 0 saturated carbocycles. The highest BCUT2D eigenvalue weighted by Gasteiger charge is 2.43. The Kier molecular flexibility index (Phi) is 6.20. The van der Waals surface area contributed by atoms with Crippen LogP contribution in [0.1, 0.15) is 58.6 Å². The Morgan fingerprint density at radius 2 is 2.08 bits per heavy atom. The summed E-state index contributed by atoms with van der Waals surface area (Å²) < 4.78 is 5.83. The topological polar surface area (TPSA) is 114 Å². The molecule has 0 saturated heterocycles. The van der Waals surface area contributed by atoms with E-state index in [9.17, 15) is 20.0 Å². The number of aliphatic hydroxyl groups excluding tert-OH is 1. The number of hydrogen-bond donors (Lipinski definition) is 3. The van der Waals surface area contributed by atoms with Gasteiger partial charge in [-0.15, -0.1) is 0 Å². The number of hydrogen-bond acceptors (Lipinski definition) is 6. The number of fused-ring (bicyclic) bond motifs is 1. The molecule has 0 spiro atoms. The number of carbonyl (C=O) groups is 1. The number of ether oxygens (including phenoxy) is 1. The third-order valence-electron chi connectivity index (χ3n) is 4.52. The highest BCUT2D eigenvalue weighted by molar-refractivity contribution is 5.91. The van der Waals surface area contributed by atoms with Crippen molar-refractivity contribution < 1.29 is 19.6 Å². The van der Waals surface area contributed by atoms with E-state index in [1.54, 1.807) is 13.8 Å². The molecule has 8 heteroatoms. The van der Waals surface area contributed by atoms with Crippen molar-refractivity contribution in [3.63, 3.8) is 0 Å². The first kappa shape index (κ1) is 20.1. The number of nitro groups is 1. The Morgan fingerprint density at radius 3 is 2.65 bits per heavy atom. The standard InChI is InChI=1S/C18H27N3O5/c1-5-6-7-8-19-16-12-9-13(20-11(2)22)14(21(24)25)10-15(12)26-18(3,4)17(16)23/h9-10,16-17,19,23H,5-8H2,1-4H3,(H,20,22)/t16-,17+/m1/s1. The lowest BCUT2D eigenvalue weighted by molar-refractivity contribution is -0.384. The Balaban J connectivity index is 2.45. The van der Waals surface area contributed by atoms with Gasteiger partial charge in [0.25, 0.3) is 5.69 Å². The number of anilines is 1. The van der Waals surface area contributed by atoms with Crippen molar-refractivity contribution in [3.05, 3.63) is 27.8 Å². The van der Waals surface area contributed by atoms with Crippen LogP contribution >= 0.6 is 0 Å². The second kappa shape index (κ2) is 8.01. The third kappa shape index (κ3) is 4.31. The average Bonchev–Trinajstić information content (AvgIpc) is 2.54. The van der Waals surface area contributed by atoms with Crippen LogP contribution in [0.3, 0.4) is 0 Å². The second-order valence-electron chi connectivity index (χ2n) is 7.13. The molecule has 1 aromatic carbocycles. The number of nitrogens with one attached hydrogen (secondary N) is 2. The summed E-state index contributed by atoms with van der Waals surface area (Å²) in [7, 11) is 0. The normalized spacial score (nSPS) is 20.8. The number of unbranched alkanes of at least 4 members (excludes halogenated alkanes) is 2. The van der Waals surface area contributed by atoms with Crippen molar-refractivity contribution in [3.8, 4) is 5.75 Å². The van der Waals surface area contributed by atoms with Gasteiger partial charge in [-0.2, -0.15) is 0 Å². The van der Waals surface area contributed by atoms with Crippen LogP contribution in [0.25, 0.3) is 0 Å². The maximum Gasteiger partial charge on any atom is 0.296 e. The maximum absolute atomic E-state index is 11.4. The number of amides is 1. The smallest absolute Gasteiger partial charge is 0.296 e. The van der Waals surface area contributed by atoms with Crippen molar-refractivity contribution in [2.45, 2.75) is 64.7 Å². The summed E-state index contributed by atoms with van der Waals surface area (Å²) in [6.45, 7) is 7.60. The minimum atomic E-state index is -0.904. The summed E-state index contributed by atoms with van der Waals surface area (Å²) in [6.07, 6.45) is 2.27. The lowest BCUT2D eigenvalue weighted by atomic mass is 9.86. The molecule has 0 unspecified atom stereocenters. The monoisotopic (exact) mass is 365 g/mol. The number of benzene rings is 1. The summed E-state index contributed by atoms with van der Waals surface area (Å²) in [6, 6.07) is 2.39. The summed E-state index contributed by atoms with van der Waals surface area (Å²) in [4.78, 5) is 22.2. The minimum absolute atomic E-state index is 0.0946. The molecule has 0 fully saturated rings. The zero-order valence-corrected chi connectivity index (χ0v) is 15.7. The molecule has 1 heterocycles. The first-order valence-electron chi connectivity index (χ1n) is 8.87. The molecule has 0 aliphatic carbocycles. The van der Waals surface area contributed by atoms with E-state index >= 15 is 0 Å². The summed E-state index contributed by atoms with van der Waals surface area (Å²) >= 11 is 0. The van der Waals surface area contributed by atoms with E-state index in [1.807, 2.05) is 0 Å². The van der Waals surface area contributed by atoms with E-state index in [1.165, 1.54) is 19.1 Å². The molecule has 1 aromatic rings. The van der Waals surface area contributed by atoms with Crippen molar-refractivity contribution >= 4 is 17.3 Å². The molecular formula is C18H27N3O5. The van der Waals surface area contributed by atoms with Crippen molar-refractivity contribution in [1.82, 2.24) is 5.32 Å². The van der Waals surface area contributed by atoms with E-state index in [-0.39, 0.29) is 11.4 Å². The molecule has 2 atom stereocenters. The molecule has 1 aliphatic rings. The van der Waals surface area contributed by atoms with Crippen molar-refractivity contribution in [2.24, 2.45) is 0 Å². The molecule has 144 valence electrons. The van der Waals surface area contributed by atoms with Gasteiger partial charge in [-0.25, -0.2) is 0 Å². The highest BCUT2D eigenvalue weighted by Crippen LogP contribution is 2.44. The van der Waals surface area contributed by atoms with E-state index in [0.29, 0.717) is 17.9 Å². The second-order valence-corrected chi connectivity index (χ2v) is 7.13. The van der Waals surface area contributed by atoms with E-state index in [4.69, 9.17) is 4.74 Å². The first-order chi connectivity index (χ1) is 12.2. The van der Waals surface area contributed by atoms with E-state index < -0.39 is 28.6 Å². The number of aliphatic hydroxyl groups is 1. The van der Waals surface area contributed by atoms with Gasteiger partial charge >= 0.3 is 0 Å². The van der Waals surface area contributed by atoms with Gasteiger partial charge in [-0.05, 0) is 32.9 Å².